The lowest BCUT2D eigenvalue weighted by molar-refractivity contribution is -0.692. The summed E-state index contributed by atoms with van der Waals surface area (Å²) in [5.74, 6) is 0.741. The van der Waals surface area contributed by atoms with E-state index in [4.69, 9.17) is 4.52 Å². The molecule has 1 aromatic heterocycles. The Morgan fingerprint density at radius 2 is 1.92 bits per heavy atom. The number of anilines is 1. The average Bonchev–Trinajstić information content (AvgIpc) is 2.97. The van der Waals surface area contributed by atoms with Crippen LogP contribution in [0.25, 0.3) is 0 Å². The fourth-order valence-electron chi connectivity index (χ4n) is 2.58. The summed E-state index contributed by atoms with van der Waals surface area (Å²) in [6, 6.07) is 12.3. The molecule has 1 aromatic carbocycles. The summed E-state index contributed by atoms with van der Waals surface area (Å²) >= 11 is 0. The smallest absolute Gasteiger partial charge is 0.281 e. The minimum absolute atomic E-state index is 0.0896. The third-order valence-electron chi connectivity index (χ3n) is 4.00. The fraction of sp³-hybridized carbons (Fsp3) is 0.474. The highest BCUT2D eigenvalue weighted by Crippen LogP contribution is 2.23. The molecule has 2 aromatic rings. The largest absolute Gasteiger partial charge is 0.338 e. The van der Waals surface area contributed by atoms with Crippen LogP contribution in [0.2, 0.25) is 0 Å². The number of amides is 1. The molecule has 5 nitrogen and oxygen atoms in total. The van der Waals surface area contributed by atoms with E-state index >= 15 is 0 Å². The topological polar surface area (TPSA) is 71.7 Å². The van der Waals surface area contributed by atoms with Crippen LogP contribution >= 0.6 is 0 Å². The van der Waals surface area contributed by atoms with Crippen LogP contribution in [0, 0.1) is 5.92 Å². The molecule has 130 valence electrons. The summed E-state index contributed by atoms with van der Waals surface area (Å²) in [4.78, 5) is 12.2. The van der Waals surface area contributed by atoms with Crippen LogP contribution < -0.4 is 10.6 Å². The van der Waals surface area contributed by atoms with E-state index in [1.807, 2.05) is 18.2 Å². The van der Waals surface area contributed by atoms with Gasteiger partial charge in [-0.1, -0.05) is 70.1 Å². The van der Waals surface area contributed by atoms with Gasteiger partial charge in [-0.25, -0.2) is 0 Å². The molecular weight excluding hydrogens is 302 g/mol. The Bertz CT molecular complexity index is 657. The minimum Gasteiger partial charge on any atom is -0.338 e. The standard InChI is InChI=1S/C19H27N3O2/c1-13(2)18(14-9-7-6-8-10-14)20-12-16(23)21-17-11-15(22-24-17)19(3,4)5/h6-11,13,18,20H,12H2,1-5H3,(H,21,23)/p+1/t18-/m0/s1. The molecule has 0 unspecified atom stereocenters. The maximum atomic E-state index is 12.2. The summed E-state index contributed by atoms with van der Waals surface area (Å²) in [5.41, 5.74) is 1.95. The monoisotopic (exact) mass is 330 g/mol. The van der Waals surface area contributed by atoms with Gasteiger partial charge < -0.3 is 9.84 Å². The van der Waals surface area contributed by atoms with Crippen LogP contribution in [-0.2, 0) is 10.2 Å². The molecule has 0 aliphatic rings. The van der Waals surface area contributed by atoms with Crippen molar-refractivity contribution < 1.29 is 14.6 Å². The van der Waals surface area contributed by atoms with Crippen molar-refractivity contribution in [3.63, 3.8) is 0 Å². The molecular formula is C19H28N3O2+. The van der Waals surface area contributed by atoms with Crippen molar-refractivity contribution in [3.8, 4) is 0 Å². The van der Waals surface area contributed by atoms with Crippen molar-refractivity contribution in [2.75, 3.05) is 11.9 Å². The molecule has 0 aliphatic heterocycles. The van der Waals surface area contributed by atoms with Gasteiger partial charge in [0.15, 0.2) is 6.54 Å². The summed E-state index contributed by atoms with van der Waals surface area (Å²) in [5, 5.41) is 8.86. The second-order valence-corrected chi connectivity index (χ2v) is 7.49. The minimum atomic E-state index is -0.103. The number of hydrogen-bond donors (Lipinski definition) is 2. The van der Waals surface area contributed by atoms with Gasteiger partial charge in [0, 0.05) is 23.0 Å². The van der Waals surface area contributed by atoms with Gasteiger partial charge >= 0.3 is 0 Å². The van der Waals surface area contributed by atoms with Gasteiger partial charge in [-0.3, -0.25) is 10.1 Å². The van der Waals surface area contributed by atoms with Crippen LogP contribution in [0.5, 0.6) is 0 Å². The Labute approximate surface area is 143 Å². The fourth-order valence-corrected chi connectivity index (χ4v) is 2.58. The number of carbonyl (C=O) groups excluding carboxylic acids is 1. The zero-order valence-corrected chi connectivity index (χ0v) is 15.2. The molecule has 3 N–H and O–H groups in total. The molecule has 24 heavy (non-hydrogen) atoms. The number of quaternary nitrogens is 1. The number of nitrogens with one attached hydrogen (secondary N) is 1. The first-order valence-electron chi connectivity index (χ1n) is 8.42. The molecule has 0 bridgehead atoms. The van der Waals surface area contributed by atoms with E-state index in [9.17, 15) is 4.79 Å². The summed E-state index contributed by atoms with van der Waals surface area (Å²) in [6.45, 7) is 10.8. The van der Waals surface area contributed by atoms with Gasteiger partial charge in [0.25, 0.3) is 5.91 Å². The molecule has 1 amide bonds. The second kappa shape index (κ2) is 7.62. The third-order valence-corrected chi connectivity index (χ3v) is 4.00. The van der Waals surface area contributed by atoms with Crippen molar-refractivity contribution in [2.24, 2.45) is 5.92 Å². The lowest BCUT2D eigenvalue weighted by Crippen LogP contribution is -2.88. The Morgan fingerprint density at radius 1 is 1.25 bits per heavy atom. The first-order valence-corrected chi connectivity index (χ1v) is 8.42. The number of rotatable bonds is 6. The highest BCUT2D eigenvalue weighted by Gasteiger charge is 2.22. The Morgan fingerprint density at radius 3 is 2.46 bits per heavy atom. The summed E-state index contributed by atoms with van der Waals surface area (Å²) in [7, 11) is 0. The number of benzene rings is 1. The van der Waals surface area contributed by atoms with E-state index in [1.165, 1.54) is 5.56 Å². The molecule has 1 heterocycles. The van der Waals surface area contributed by atoms with Crippen molar-refractivity contribution >= 4 is 11.8 Å². The third kappa shape index (κ3) is 4.93. The zero-order valence-electron chi connectivity index (χ0n) is 15.2. The lowest BCUT2D eigenvalue weighted by Gasteiger charge is -2.19. The van der Waals surface area contributed by atoms with Gasteiger partial charge in [0.2, 0.25) is 5.88 Å². The molecule has 5 heteroatoms. The molecule has 0 fully saturated rings. The number of nitrogens with two attached hydrogens (primary N) is 1. The van der Waals surface area contributed by atoms with E-state index in [2.05, 4.69) is 62.5 Å². The van der Waals surface area contributed by atoms with Crippen molar-refractivity contribution in [2.45, 2.75) is 46.1 Å². The predicted molar refractivity (Wildman–Crippen MR) is 94.6 cm³/mol. The summed E-state index contributed by atoms with van der Waals surface area (Å²) in [6.07, 6.45) is 0. The SMILES string of the molecule is CC(C)[C@H]([NH2+]CC(=O)Nc1cc(C(C)(C)C)no1)c1ccccc1. The molecule has 0 radical (unpaired) electrons. The second-order valence-electron chi connectivity index (χ2n) is 7.49. The first kappa shape index (κ1) is 18.2. The molecule has 0 saturated heterocycles. The number of carbonyl (C=O) groups is 1. The Balaban J connectivity index is 1.93. The van der Waals surface area contributed by atoms with E-state index in [-0.39, 0.29) is 17.4 Å². The molecule has 0 spiro atoms. The predicted octanol–water partition coefficient (Wildman–Crippen LogP) is 2.87. The van der Waals surface area contributed by atoms with Crippen molar-refractivity contribution in [1.82, 2.24) is 5.16 Å². The quantitative estimate of drug-likeness (QED) is 0.855. The van der Waals surface area contributed by atoms with Crippen LogP contribution in [0.4, 0.5) is 5.88 Å². The molecule has 0 aliphatic carbocycles. The van der Waals surface area contributed by atoms with Gasteiger partial charge in [-0.05, 0) is 0 Å². The maximum absolute atomic E-state index is 12.2. The van der Waals surface area contributed by atoms with Gasteiger partial charge in [-0.2, -0.15) is 0 Å². The van der Waals surface area contributed by atoms with Crippen LogP contribution in [-0.4, -0.2) is 17.6 Å². The van der Waals surface area contributed by atoms with E-state index < -0.39 is 0 Å². The van der Waals surface area contributed by atoms with E-state index in [0.717, 1.165) is 5.69 Å². The average molecular weight is 330 g/mol. The van der Waals surface area contributed by atoms with Crippen LogP contribution in [0.1, 0.15) is 51.9 Å². The maximum Gasteiger partial charge on any atom is 0.281 e. The first-order chi connectivity index (χ1) is 11.3. The van der Waals surface area contributed by atoms with Crippen molar-refractivity contribution in [1.29, 1.82) is 0 Å². The Hall–Kier alpha value is -2.14. The highest BCUT2D eigenvalue weighted by atomic mass is 16.5. The number of aromatic nitrogens is 1. The Kier molecular flexibility index (Phi) is 5.78. The lowest BCUT2D eigenvalue weighted by atomic mass is 9.92. The van der Waals surface area contributed by atoms with E-state index in [1.54, 1.807) is 6.07 Å². The van der Waals surface area contributed by atoms with Crippen LogP contribution in [0.3, 0.4) is 0 Å². The molecule has 0 saturated carbocycles. The van der Waals surface area contributed by atoms with Gasteiger partial charge in [-0.15, -0.1) is 0 Å². The summed E-state index contributed by atoms with van der Waals surface area (Å²) < 4.78 is 5.20. The van der Waals surface area contributed by atoms with Gasteiger partial charge in [0.05, 0.1) is 5.69 Å². The van der Waals surface area contributed by atoms with E-state index in [0.29, 0.717) is 18.3 Å². The normalized spacial score (nSPS) is 13.1. The van der Waals surface area contributed by atoms with Gasteiger partial charge in [0.1, 0.15) is 6.04 Å². The highest BCUT2D eigenvalue weighted by molar-refractivity contribution is 5.90. The molecule has 1 atom stereocenters. The van der Waals surface area contributed by atoms with Crippen molar-refractivity contribution in [3.05, 3.63) is 47.7 Å². The number of hydrogen-bond acceptors (Lipinski definition) is 3. The van der Waals surface area contributed by atoms with Crippen LogP contribution in [0.15, 0.2) is 40.9 Å². The zero-order chi connectivity index (χ0) is 17.7. The molecule has 2 rings (SSSR count). The number of nitrogens with zero attached hydrogens (tertiary/aromatic N) is 1.